The highest BCUT2D eigenvalue weighted by Gasteiger charge is 2.59. The number of hydrogen-bond donors (Lipinski definition) is 0. The van der Waals surface area contributed by atoms with Gasteiger partial charge in [0.05, 0.1) is 12.2 Å². The Morgan fingerprint density at radius 3 is 2.19 bits per heavy atom. The molecule has 2 rings (SSSR count). The SMILES string of the molecule is CCCOc1ccc(C2=[N+]([O-])C(C)(C)C(C)(C)N2[O])cc1. The average Bonchev–Trinajstić information content (AvgIpc) is 2.56. The zero-order chi connectivity index (χ0) is 15.8. The molecule has 21 heavy (non-hydrogen) atoms. The van der Waals surface area contributed by atoms with Crippen LogP contribution in [0.2, 0.25) is 0 Å². The van der Waals surface area contributed by atoms with Gasteiger partial charge in [-0.3, -0.25) is 4.74 Å². The van der Waals surface area contributed by atoms with Gasteiger partial charge in [0, 0.05) is 5.21 Å². The van der Waals surface area contributed by atoms with Gasteiger partial charge in [0.1, 0.15) is 11.3 Å². The number of benzene rings is 1. The zero-order valence-electron chi connectivity index (χ0n) is 13.3. The Morgan fingerprint density at radius 2 is 1.76 bits per heavy atom. The first-order valence-corrected chi connectivity index (χ1v) is 7.28. The molecule has 1 aliphatic rings. The van der Waals surface area contributed by atoms with Gasteiger partial charge in [0.2, 0.25) is 0 Å². The fourth-order valence-corrected chi connectivity index (χ4v) is 2.26. The molecule has 1 heterocycles. The predicted octanol–water partition coefficient (Wildman–Crippen LogP) is 2.95. The molecule has 5 nitrogen and oxygen atoms in total. The van der Waals surface area contributed by atoms with E-state index in [-0.39, 0.29) is 5.84 Å². The van der Waals surface area contributed by atoms with Gasteiger partial charge in [-0.25, -0.2) is 0 Å². The lowest BCUT2D eigenvalue weighted by Crippen LogP contribution is -2.53. The van der Waals surface area contributed by atoms with Crippen LogP contribution in [0.3, 0.4) is 0 Å². The van der Waals surface area contributed by atoms with E-state index in [1.54, 1.807) is 52.0 Å². The Morgan fingerprint density at radius 1 is 1.19 bits per heavy atom. The average molecular weight is 291 g/mol. The number of rotatable bonds is 4. The molecule has 0 bridgehead atoms. The van der Waals surface area contributed by atoms with Gasteiger partial charge in [-0.2, -0.15) is 0 Å². The third-order valence-corrected chi connectivity index (χ3v) is 4.48. The molecule has 0 saturated carbocycles. The van der Waals surface area contributed by atoms with Crippen LogP contribution in [-0.2, 0) is 5.21 Å². The molecule has 0 aliphatic carbocycles. The number of amidine groups is 1. The minimum Gasteiger partial charge on any atom is -0.714 e. The summed E-state index contributed by atoms with van der Waals surface area (Å²) in [5.74, 6) is 0.902. The van der Waals surface area contributed by atoms with Gasteiger partial charge in [-0.05, 0) is 58.4 Å². The summed E-state index contributed by atoms with van der Waals surface area (Å²) in [4.78, 5) is 0. The molecular weight excluding hydrogens is 268 g/mol. The largest absolute Gasteiger partial charge is 0.714 e. The normalized spacial score (nSPS) is 20.0. The van der Waals surface area contributed by atoms with E-state index in [1.165, 1.54) is 0 Å². The number of hydroxylamine groups is 3. The molecule has 0 N–H and O–H groups in total. The molecule has 0 spiro atoms. The van der Waals surface area contributed by atoms with Gasteiger partial charge in [0.25, 0.3) is 0 Å². The van der Waals surface area contributed by atoms with Crippen molar-refractivity contribution in [2.75, 3.05) is 6.61 Å². The molecule has 1 radical (unpaired) electrons. The maximum Gasteiger partial charge on any atom is 0.316 e. The van der Waals surface area contributed by atoms with Crippen molar-refractivity contribution in [3.63, 3.8) is 0 Å². The molecule has 0 saturated heterocycles. The summed E-state index contributed by atoms with van der Waals surface area (Å²) in [5, 5.41) is 25.9. The minimum atomic E-state index is -0.790. The van der Waals surface area contributed by atoms with Crippen LogP contribution in [0.5, 0.6) is 5.75 Å². The van der Waals surface area contributed by atoms with Crippen molar-refractivity contribution in [1.82, 2.24) is 5.06 Å². The topological polar surface area (TPSA) is 58.4 Å². The monoisotopic (exact) mass is 291 g/mol. The second kappa shape index (κ2) is 5.22. The van der Waals surface area contributed by atoms with E-state index in [1.807, 2.05) is 6.92 Å². The van der Waals surface area contributed by atoms with Gasteiger partial charge in [-0.1, -0.05) is 12.0 Å². The number of nitrogens with zero attached hydrogens (tertiary/aromatic N) is 2. The first kappa shape index (κ1) is 15.6. The van der Waals surface area contributed by atoms with Gasteiger partial charge >= 0.3 is 5.84 Å². The van der Waals surface area contributed by atoms with Crippen molar-refractivity contribution >= 4 is 5.84 Å². The lowest BCUT2D eigenvalue weighted by molar-refractivity contribution is -0.539. The van der Waals surface area contributed by atoms with Crippen LogP contribution in [0, 0.1) is 5.21 Å². The summed E-state index contributed by atoms with van der Waals surface area (Å²) >= 11 is 0. The molecule has 5 heteroatoms. The van der Waals surface area contributed by atoms with E-state index >= 15 is 0 Å². The summed E-state index contributed by atoms with van der Waals surface area (Å²) in [7, 11) is 0. The summed E-state index contributed by atoms with van der Waals surface area (Å²) in [5.41, 5.74) is -0.967. The Balaban J connectivity index is 2.35. The highest BCUT2D eigenvalue weighted by molar-refractivity contribution is 5.96. The highest BCUT2D eigenvalue weighted by Crippen LogP contribution is 2.37. The standard InChI is InChI=1S/C16H23N2O3/c1-6-11-21-13-9-7-12(8-10-13)14-17(19)15(2,3)16(4,5)18(14)20/h7-10H,6,11H2,1-5H3. The summed E-state index contributed by atoms with van der Waals surface area (Å²) in [6.45, 7) is 9.84. The van der Waals surface area contributed by atoms with E-state index in [9.17, 15) is 10.4 Å². The third-order valence-electron chi connectivity index (χ3n) is 4.48. The molecule has 0 fully saturated rings. The molecule has 0 aromatic heterocycles. The van der Waals surface area contributed by atoms with Gasteiger partial charge in [0.15, 0.2) is 5.54 Å². The van der Waals surface area contributed by atoms with Crippen LogP contribution in [-0.4, -0.2) is 33.3 Å². The van der Waals surface area contributed by atoms with Crippen LogP contribution in [0.1, 0.15) is 46.6 Å². The molecule has 1 aromatic carbocycles. The van der Waals surface area contributed by atoms with Crippen LogP contribution in [0.4, 0.5) is 0 Å². The maximum absolute atomic E-state index is 12.5. The Bertz CT molecular complexity index is 547. The minimum absolute atomic E-state index is 0.159. The smallest absolute Gasteiger partial charge is 0.316 e. The third kappa shape index (κ3) is 2.35. The van der Waals surface area contributed by atoms with E-state index in [4.69, 9.17) is 4.74 Å². The van der Waals surface area contributed by atoms with Crippen molar-refractivity contribution < 1.29 is 14.7 Å². The maximum atomic E-state index is 12.5. The second-order valence-electron chi connectivity index (χ2n) is 6.40. The van der Waals surface area contributed by atoms with Gasteiger partial charge < -0.3 is 9.94 Å². The highest BCUT2D eigenvalue weighted by atomic mass is 16.5. The van der Waals surface area contributed by atoms with Crippen LogP contribution in [0.15, 0.2) is 24.3 Å². The first-order chi connectivity index (χ1) is 9.73. The number of hydrogen-bond acceptors (Lipinski definition) is 3. The van der Waals surface area contributed by atoms with Gasteiger partial charge in [-0.15, -0.1) is 0 Å². The van der Waals surface area contributed by atoms with Crippen molar-refractivity contribution in [2.45, 2.75) is 52.1 Å². The Hall–Kier alpha value is -1.75. The molecule has 0 amide bonds. The molecular formula is C16H23N2O3. The fraction of sp³-hybridized carbons (Fsp3) is 0.562. The zero-order valence-corrected chi connectivity index (χ0v) is 13.3. The Labute approximate surface area is 126 Å². The lowest BCUT2D eigenvalue weighted by atomic mass is 9.84. The van der Waals surface area contributed by atoms with Crippen molar-refractivity contribution in [2.24, 2.45) is 0 Å². The van der Waals surface area contributed by atoms with Crippen LogP contribution >= 0.6 is 0 Å². The summed E-state index contributed by atoms with van der Waals surface area (Å²) < 4.78 is 6.34. The van der Waals surface area contributed by atoms with E-state index in [2.05, 4.69) is 0 Å². The van der Waals surface area contributed by atoms with E-state index in [0.717, 1.165) is 22.0 Å². The van der Waals surface area contributed by atoms with Crippen LogP contribution < -0.4 is 4.74 Å². The molecule has 115 valence electrons. The lowest BCUT2D eigenvalue weighted by Gasteiger charge is -2.32. The van der Waals surface area contributed by atoms with E-state index < -0.39 is 11.1 Å². The van der Waals surface area contributed by atoms with Crippen molar-refractivity contribution in [3.05, 3.63) is 35.0 Å². The first-order valence-electron chi connectivity index (χ1n) is 7.28. The molecule has 0 unspecified atom stereocenters. The van der Waals surface area contributed by atoms with E-state index in [0.29, 0.717) is 12.2 Å². The molecule has 0 atom stereocenters. The summed E-state index contributed by atoms with van der Waals surface area (Å²) in [6, 6.07) is 7.09. The van der Waals surface area contributed by atoms with Crippen LogP contribution in [0.25, 0.3) is 0 Å². The summed E-state index contributed by atoms with van der Waals surface area (Å²) in [6.07, 6.45) is 0.935. The van der Waals surface area contributed by atoms with Crippen molar-refractivity contribution in [1.29, 1.82) is 0 Å². The quantitative estimate of drug-likeness (QED) is 0.633. The molecule has 1 aromatic rings. The van der Waals surface area contributed by atoms with Crippen molar-refractivity contribution in [3.8, 4) is 5.75 Å². The predicted molar refractivity (Wildman–Crippen MR) is 80.6 cm³/mol. The second-order valence-corrected chi connectivity index (χ2v) is 6.40. The number of ether oxygens (including phenoxy) is 1. The Kier molecular flexibility index (Phi) is 3.89. The molecule has 1 aliphatic heterocycles. The fourth-order valence-electron chi connectivity index (χ4n) is 2.26.